The van der Waals surface area contributed by atoms with Crippen LogP contribution in [0, 0.1) is 12.7 Å². The molecule has 5 nitrogen and oxygen atoms in total. The summed E-state index contributed by atoms with van der Waals surface area (Å²) in [6.45, 7) is 1.90. The van der Waals surface area contributed by atoms with Gasteiger partial charge in [0.25, 0.3) is 0 Å². The highest BCUT2D eigenvalue weighted by Gasteiger charge is 2.16. The van der Waals surface area contributed by atoms with Gasteiger partial charge in [0.2, 0.25) is 5.89 Å². The van der Waals surface area contributed by atoms with E-state index in [1.165, 1.54) is 17.8 Å². The first-order valence-corrected chi connectivity index (χ1v) is 9.41. The molecule has 0 saturated heterocycles. The Bertz CT molecular complexity index is 1070. The van der Waals surface area contributed by atoms with Crippen LogP contribution in [0.15, 0.2) is 64.2 Å². The van der Waals surface area contributed by atoms with Gasteiger partial charge in [0, 0.05) is 18.4 Å². The molecule has 0 spiro atoms. The molecule has 4 aromatic rings. The van der Waals surface area contributed by atoms with Gasteiger partial charge in [-0.2, -0.15) is 0 Å². The van der Waals surface area contributed by atoms with E-state index in [1.54, 1.807) is 22.8 Å². The van der Waals surface area contributed by atoms with Crippen molar-refractivity contribution in [1.29, 1.82) is 0 Å². The summed E-state index contributed by atoms with van der Waals surface area (Å²) >= 11 is 1.49. The van der Waals surface area contributed by atoms with Gasteiger partial charge >= 0.3 is 0 Å². The number of aryl methyl sites for hydroxylation is 1. The van der Waals surface area contributed by atoms with E-state index in [-0.39, 0.29) is 5.82 Å². The van der Waals surface area contributed by atoms with Gasteiger partial charge in [0.05, 0.1) is 11.3 Å². The van der Waals surface area contributed by atoms with Crippen LogP contribution in [-0.4, -0.2) is 19.7 Å². The highest BCUT2D eigenvalue weighted by Crippen LogP contribution is 2.29. The molecule has 0 saturated carbocycles. The lowest BCUT2D eigenvalue weighted by Gasteiger charge is -2.04. The normalized spacial score (nSPS) is 11.1. The van der Waals surface area contributed by atoms with Crippen molar-refractivity contribution in [2.75, 3.05) is 0 Å². The SMILES string of the molecule is Cc1oc(-c2ccccc2)nc1CSc1nnc(-c2ccccc2F)n1C. The Morgan fingerprint density at radius 2 is 1.78 bits per heavy atom. The topological polar surface area (TPSA) is 56.7 Å². The number of oxazole rings is 1. The van der Waals surface area contributed by atoms with Crippen LogP contribution in [0.1, 0.15) is 11.5 Å². The maximum atomic E-state index is 14.0. The van der Waals surface area contributed by atoms with Crippen molar-refractivity contribution in [3.05, 3.63) is 71.9 Å². The molecular weight excluding hydrogens is 363 g/mol. The predicted octanol–water partition coefficient (Wildman–Crippen LogP) is 4.88. The first-order chi connectivity index (χ1) is 13.1. The molecule has 2 aromatic carbocycles. The van der Waals surface area contributed by atoms with Crippen LogP contribution in [0.3, 0.4) is 0 Å². The molecule has 2 aromatic heterocycles. The second-order valence-corrected chi connectivity index (χ2v) is 6.96. The molecule has 0 bridgehead atoms. The summed E-state index contributed by atoms with van der Waals surface area (Å²) in [5.74, 6) is 2.15. The molecule has 27 heavy (non-hydrogen) atoms. The summed E-state index contributed by atoms with van der Waals surface area (Å²) in [5.41, 5.74) is 2.23. The van der Waals surface area contributed by atoms with Crippen LogP contribution in [0.2, 0.25) is 0 Å². The standard InChI is InChI=1S/C20H17FN4OS/c1-13-17(22-19(26-13)14-8-4-3-5-9-14)12-27-20-24-23-18(25(20)2)15-10-6-7-11-16(15)21/h3-11H,12H2,1-2H3. The van der Waals surface area contributed by atoms with Gasteiger partial charge in [-0.25, -0.2) is 9.37 Å². The number of aromatic nitrogens is 4. The fourth-order valence-electron chi connectivity index (χ4n) is 2.72. The number of hydrogen-bond acceptors (Lipinski definition) is 5. The molecule has 0 radical (unpaired) electrons. The molecule has 0 unspecified atom stereocenters. The molecular formula is C20H17FN4OS. The number of halogens is 1. The van der Waals surface area contributed by atoms with Gasteiger partial charge in [-0.05, 0) is 31.2 Å². The molecule has 7 heteroatoms. The van der Waals surface area contributed by atoms with Crippen molar-refractivity contribution in [1.82, 2.24) is 19.7 Å². The van der Waals surface area contributed by atoms with Gasteiger partial charge in [0.15, 0.2) is 11.0 Å². The molecule has 2 heterocycles. The fraction of sp³-hybridized carbons (Fsp3) is 0.150. The van der Waals surface area contributed by atoms with Crippen LogP contribution < -0.4 is 0 Å². The number of hydrogen-bond donors (Lipinski definition) is 0. The Labute approximate surface area is 160 Å². The average Bonchev–Trinajstić information content (AvgIpc) is 3.24. The van der Waals surface area contributed by atoms with Crippen molar-refractivity contribution < 1.29 is 8.81 Å². The zero-order valence-corrected chi connectivity index (χ0v) is 15.7. The smallest absolute Gasteiger partial charge is 0.226 e. The molecule has 0 N–H and O–H groups in total. The minimum atomic E-state index is -0.315. The molecule has 0 fully saturated rings. The number of thioether (sulfide) groups is 1. The second-order valence-electron chi connectivity index (χ2n) is 6.02. The van der Waals surface area contributed by atoms with Crippen LogP contribution in [0.4, 0.5) is 4.39 Å². The zero-order valence-electron chi connectivity index (χ0n) is 14.9. The molecule has 0 aliphatic carbocycles. The Morgan fingerprint density at radius 1 is 1.04 bits per heavy atom. The first kappa shape index (κ1) is 17.5. The van der Waals surface area contributed by atoms with Gasteiger partial charge in [-0.3, -0.25) is 0 Å². The quantitative estimate of drug-likeness (QED) is 0.462. The first-order valence-electron chi connectivity index (χ1n) is 8.42. The number of benzene rings is 2. The lowest BCUT2D eigenvalue weighted by atomic mass is 10.2. The van der Waals surface area contributed by atoms with Gasteiger partial charge in [-0.1, -0.05) is 42.1 Å². The van der Waals surface area contributed by atoms with Crippen molar-refractivity contribution in [3.63, 3.8) is 0 Å². The molecule has 0 aliphatic heterocycles. The summed E-state index contributed by atoms with van der Waals surface area (Å²) in [6, 6.07) is 16.3. The third-order valence-corrected chi connectivity index (χ3v) is 5.23. The van der Waals surface area contributed by atoms with E-state index >= 15 is 0 Å². The van der Waals surface area contributed by atoms with Crippen molar-refractivity contribution in [3.8, 4) is 22.8 Å². The molecule has 0 atom stereocenters. The predicted molar refractivity (Wildman–Crippen MR) is 103 cm³/mol. The Morgan fingerprint density at radius 3 is 2.56 bits per heavy atom. The summed E-state index contributed by atoms with van der Waals surface area (Å²) < 4.78 is 21.6. The van der Waals surface area contributed by atoms with E-state index < -0.39 is 0 Å². The fourth-order valence-corrected chi connectivity index (χ4v) is 3.63. The van der Waals surface area contributed by atoms with Gasteiger partial charge in [-0.15, -0.1) is 10.2 Å². The Hall–Kier alpha value is -2.93. The Balaban J connectivity index is 1.53. The molecule has 136 valence electrons. The van der Waals surface area contributed by atoms with E-state index in [2.05, 4.69) is 15.2 Å². The summed E-state index contributed by atoms with van der Waals surface area (Å²) in [4.78, 5) is 4.60. The summed E-state index contributed by atoms with van der Waals surface area (Å²) in [7, 11) is 1.83. The molecule has 0 amide bonds. The van der Waals surface area contributed by atoms with Crippen molar-refractivity contribution in [2.24, 2.45) is 7.05 Å². The maximum Gasteiger partial charge on any atom is 0.226 e. The largest absolute Gasteiger partial charge is 0.441 e. The van der Waals surface area contributed by atoms with Gasteiger partial charge in [0.1, 0.15) is 11.6 Å². The lowest BCUT2D eigenvalue weighted by molar-refractivity contribution is 0.540. The van der Waals surface area contributed by atoms with E-state index in [9.17, 15) is 4.39 Å². The monoisotopic (exact) mass is 380 g/mol. The average molecular weight is 380 g/mol. The van der Waals surface area contributed by atoms with Crippen LogP contribution in [0.25, 0.3) is 22.8 Å². The van der Waals surface area contributed by atoms with E-state index in [0.29, 0.717) is 28.2 Å². The van der Waals surface area contributed by atoms with Crippen molar-refractivity contribution >= 4 is 11.8 Å². The van der Waals surface area contributed by atoms with Crippen LogP contribution in [0.5, 0.6) is 0 Å². The minimum Gasteiger partial charge on any atom is -0.441 e. The van der Waals surface area contributed by atoms with Gasteiger partial charge < -0.3 is 8.98 Å². The number of nitrogens with zero attached hydrogens (tertiary/aromatic N) is 4. The maximum absolute atomic E-state index is 14.0. The molecule has 4 rings (SSSR count). The van der Waals surface area contributed by atoms with Crippen LogP contribution >= 0.6 is 11.8 Å². The highest BCUT2D eigenvalue weighted by atomic mass is 32.2. The summed E-state index contributed by atoms with van der Waals surface area (Å²) in [6.07, 6.45) is 0. The van der Waals surface area contributed by atoms with E-state index in [0.717, 1.165) is 17.0 Å². The zero-order chi connectivity index (χ0) is 18.8. The summed E-state index contributed by atoms with van der Waals surface area (Å²) in [5, 5.41) is 9.03. The Kier molecular flexibility index (Phi) is 4.77. The number of rotatable bonds is 5. The molecule has 0 aliphatic rings. The van der Waals surface area contributed by atoms with Crippen LogP contribution in [-0.2, 0) is 12.8 Å². The third-order valence-electron chi connectivity index (χ3n) is 4.20. The third kappa shape index (κ3) is 3.50. The highest BCUT2D eigenvalue weighted by molar-refractivity contribution is 7.98. The lowest BCUT2D eigenvalue weighted by Crippen LogP contribution is -1.97. The second kappa shape index (κ2) is 7.36. The minimum absolute atomic E-state index is 0.315. The van der Waals surface area contributed by atoms with E-state index in [4.69, 9.17) is 4.42 Å². The van der Waals surface area contributed by atoms with E-state index in [1.807, 2.05) is 44.3 Å². The van der Waals surface area contributed by atoms with Crippen molar-refractivity contribution in [2.45, 2.75) is 17.8 Å².